The normalized spacial score (nSPS) is 14.9. The van der Waals surface area contributed by atoms with Crippen LogP contribution in [0.1, 0.15) is 6.92 Å². The highest BCUT2D eigenvalue weighted by molar-refractivity contribution is 7.85. The van der Waals surface area contributed by atoms with Crippen LogP contribution in [0.3, 0.4) is 0 Å². The van der Waals surface area contributed by atoms with Crippen molar-refractivity contribution in [3.05, 3.63) is 23.2 Å². The third-order valence-electron chi connectivity index (χ3n) is 2.02. The maximum Gasteiger partial charge on any atom is 0.0662 e. The summed E-state index contributed by atoms with van der Waals surface area (Å²) in [6.07, 6.45) is -0.0397. The van der Waals surface area contributed by atoms with E-state index in [1.54, 1.807) is 25.3 Å². The Morgan fingerprint density at radius 3 is 2.80 bits per heavy atom. The van der Waals surface area contributed by atoms with Gasteiger partial charge < -0.3 is 10.5 Å². The van der Waals surface area contributed by atoms with Crippen molar-refractivity contribution in [2.24, 2.45) is 0 Å². The lowest BCUT2D eigenvalue weighted by Gasteiger charge is -2.09. The molecule has 15 heavy (non-hydrogen) atoms. The van der Waals surface area contributed by atoms with Gasteiger partial charge in [0.25, 0.3) is 0 Å². The highest BCUT2D eigenvalue weighted by Crippen LogP contribution is 2.21. The number of rotatable bonds is 4. The molecular formula is C10H14ClNO2S. The Hall–Kier alpha value is -0.580. The fourth-order valence-electron chi connectivity index (χ4n) is 1.03. The molecule has 2 unspecified atom stereocenters. The molecule has 0 radical (unpaired) electrons. The predicted octanol–water partition coefficient (Wildman–Crippen LogP) is 2.06. The first kappa shape index (κ1) is 12.5. The molecule has 1 rings (SSSR count). The molecule has 0 aliphatic carbocycles. The van der Waals surface area contributed by atoms with Crippen molar-refractivity contribution in [1.82, 2.24) is 0 Å². The monoisotopic (exact) mass is 247 g/mol. The number of nitrogen functional groups attached to an aromatic ring is 1. The average Bonchev–Trinajstić information content (AvgIpc) is 2.21. The van der Waals surface area contributed by atoms with Crippen molar-refractivity contribution >= 4 is 28.1 Å². The number of benzene rings is 1. The number of halogens is 1. The molecule has 0 heterocycles. The van der Waals surface area contributed by atoms with E-state index in [0.717, 1.165) is 0 Å². The SMILES string of the molecule is COC(C)CS(=O)c1ccc(N)c(Cl)c1. The van der Waals surface area contributed by atoms with Crippen LogP contribution in [0.5, 0.6) is 0 Å². The molecular weight excluding hydrogens is 234 g/mol. The zero-order valence-corrected chi connectivity index (χ0v) is 10.3. The summed E-state index contributed by atoms with van der Waals surface area (Å²) in [6, 6.07) is 5.02. The van der Waals surface area contributed by atoms with Gasteiger partial charge in [0.05, 0.1) is 33.4 Å². The van der Waals surface area contributed by atoms with Gasteiger partial charge >= 0.3 is 0 Å². The summed E-state index contributed by atoms with van der Waals surface area (Å²) in [5, 5.41) is 0.436. The predicted molar refractivity (Wildman–Crippen MR) is 63.6 cm³/mol. The third-order valence-corrected chi connectivity index (χ3v) is 3.90. The topological polar surface area (TPSA) is 52.3 Å². The van der Waals surface area contributed by atoms with Gasteiger partial charge in [0, 0.05) is 12.0 Å². The summed E-state index contributed by atoms with van der Waals surface area (Å²) < 4.78 is 16.9. The van der Waals surface area contributed by atoms with E-state index >= 15 is 0 Å². The van der Waals surface area contributed by atoms with Gasteiger partial charge in [-0.05, 0) is 25.1 Å². The molecule has 2 N–H and O–H groups in total. The Labute approximate surface area is 97.0 Å². The Kier molecular flexibility index (Phi) is 4.57. The Morgan fingerprint density at radius 1 is 1.60 bits per heavy atom. The van der Waals surface area contributed by atoms with Gasteiger partial charge in [0.2, 0.25) is 0 Å². The molecule has 5 heteroatoms. The molecule has 0 aliphatic heterocycles. The first-order chi connectivity index (χ1) is 7.04. The molecule has 0 saturated heterocycles. The lowest BCUT2D eigenvalue weighted by Crippen LogP contribution is -2.15. The van der Waals surface area contributed by atoms with Crippen LogP contribution < -0.4 is 5.73 Å². The Morgan fingerprint density at radius 2 is 2.27 bits per heavy atom. The van der Waals surface area contributed by atoms with Crippen LogP contribution in [0.15, 0.2) is 23.1 Å². The smallest absolute Gasteiger partial charge is 0.0662 e. The lowest BCUT2D eigenvalue weighted by molar-refractivity contribution is 0.137. The second kappa shape index (κ2) is 5.49. The van der Waals surface area contributed by atoms with Gasteiger partial charge in [-0.25, -0.2) is 0 Å². The zero-order chi connectivity index (χ0) is 11.4. The molecule has 1 aromatic carbocycles. The van der Waals surface area contributed by atoms with Crippen LogP contribution in [0.4, 0.5) is 5.69 Å². The van der Waals surface area contributed by atoms with E-state index < -0.39 is 10.8 Å². The van der Waals surface area contributed by atoms with Gasteiger partial charge in [-0.3, -0.25) is 4.21 Å². The van der Waals surface area contributed by atoms with Crippen molar-refractivity contribution in [2.75, 3.05) is 18.6 Å². The second-order valence-corrected chi connectivity index (χ2v) is 5.14. The minimum atomic E-state index is -1.10. The van der Waals surface area contributed by atoms with E-state index in [0.29, 0.717) is 21.4 Å². The molecule has 0 aromatic heterocycles. The lowest BCUT2D eigenvalue weighted by atomic mass is 10.3. The summed E-state index contributed by atoms with van der Waals surface area (Å²) >= 11 is 5.84. The van der Waals surface area contributed by atoms with Crippen LogP contribution in [0.2, 0.25) is 5.02 Å². The molecule has 1 aromatic rings. The summed E-state index contributed by atoms with van der Waals surface area (Å²) in [5.74, 6) is 0.455. The van der Waals surface area contributed by atoms with E-state index in [4.69, 9.17) is 22.1 Å². The Bertz CT molecular complexity index is 370. The van der Waals surface area contributed by atoms with Gasteiger partial charge in [-0.1, -0.05) is 11.6 Å². The fourth-order valence-corrected chi connectivity index (χ4v) is 2.50. The highest BCUT2D eigenvalue weighted by Gasteiger charge is 2.10. The molecule has 0 aliphatic rings. The highest BCUT2D eigenvalue weighted by atomic mass is 35.5. The number of hydrogen-bond acceptors (Lipinski definition) is 3. The fraction of sp³-hybridized carbons (Fsp3) is 0.400. The van der Waals surface area contributed by atoms with Crippen LogP contribution >= 0.6 is 11.6 Å². The first-order valence-corrected chi connectivity index (χ1v) is 6.20. The van der Waals surface area contributed by atoms with Crippen molar-refractivity contribution < 1.29 is 8.95 Å². The number of methoxy groups -OCH3 is 1. The minimum Gasteiger partial charge on any atom is -0.398 e. The molecule has 0 bridgehead atoms. The number of nitrogens with two attached hydrogens (primary N) is 1. The van der Waals surface area contributed by atoms with Crippen LogP contribution in [0.25, 0.3) is 0 Å². The molecule has 0 spiro atoms. The molecule has 3 nitrogen and oxygen atoms in total. The quantitative estimate of drug-likeness (QED) is 0.829. The van der Waals surface area contributed by atoms with Gasteiger partial charge in [0.15, 0.2) is 0 Å². The molecule has 0 amide bonds. The maximum atomic E-state index is 11.8. The summed E-state index contributed by atoms with van der Waals surface area (Å²) in [4.78, 5) is 0.679. The molecule has 84 valence electrons. The third kappa shape index (κ3) is 3.48. The van der Waals surface area contributed by atoms with E-state index in [-0.39, 0.29) is 6.10 Å². The van der Waals surface area contributed by atoms with Crippen molar-refractivity contribution in [2.45, 2.75) is 17.9 Å². The Balaban J connectivity index is 2.78. The minimum absolute atomic E-state index is 0.0397. The van der Waals surface area contributed by atoms with Crippen molar-refractivity contribution in [1.29, 1.82) is 0 Å². The second-order valence-electron chi connectivity index (χ2n) is 3.24. The van der Waals surface area contributed by atoms with Gasteiger partial charge in [-0.15, -0.1) is 0 Å². The summed E-state index contributed by atoms with van der Waals surface area (Å²) in [5.41, 5.74) is 6.06. The molecule has 0 fully saturated rings. The zero-order valence-electron chi connectivity index (χ0n) is 8.70. The largest absolute Gasteiger partial charge is 0.398 e. The van der Waals surface area contributed by atoms with E-state index in [1.165, 1.54) is 0 Å². The van der Waals surface area contributed by atoms with E-state index in [2.05, 4.69) is 0 Å². The molecule has 0 saturated carbocycles. The van der Waals surface area contributed by atoms with Crippen molar-refractivity contribution in [3.63, 3.8) is 0 Å². The van der Waals surface area contributed by atoms with Crippen LogP contribution in [-0.4, -0.2) is 23.2 Å². The standard InChI is InChI=1S/C10H14ClNO2S/c1-7(14-2)6-15(13)8-3-4-10(12)9(11)5-8/h3-5,7H,6,12H2,1-2H3. The number of ether oxygens (including phenoxy) is 1. The molecule has 2 atom stereocenters. The average molecular weight is 248 g/mol. The van der Waals surface area contributed by atoms with Gasteiger partial charge in [0.1, 0.15) is 0 Å². The van der Waals surface area contributed by atoms with E-state index in [9.17, 15) is 4.21 Å². The first-order valence-electron chi connectivity index (χ1n) is 4.50. The van der Waals surface area contributed by atoms with E-state index in [1.807, 2.05) is 6.92 Å². The summed E-state index contributed by atoms with van der Waals surface area (Å²) in [6.45, 7) is 1.87. The maximum absolute atomic E-state index is 11.8. The summed E-state index contributed by atoms with van der Waals surface area (Å²) in [7, 11) is 0.498. The van der Waals surface area contributed by atoms with Crippen molar-refractivity contribution in [3.8, 4) is 0 Å². The van der Waals surface area contributed by atoms with Crippen LogP contribution in [-0.2, 0) is 15.5 Å². The van der Waals surface area contributed by atoms with Gasteiger partial charge in [-0.2, -0.15) is 0 Å². The number of hydrogen-bond donors (Lipinski definition) is 1. The van der Waals surface area contributed by atoms with Crippen LogP contribution in [0, 0.1) is 0 Å². The number of anilines is 1.